The molecule has 1 aromatic rings. The van der Waals surface area contributed by atoms with Crippen LogP contribution in [0.15, 0.2) is 21.9 Å². The number of benzene rings is 1. The molecule has 0 aliphatic rings. The van der Waals surface area contributed by atoms with E-state index in [0.717, 1.165) is 23.5 Å². The average molecular weight is 266 g/mol. The van der Waals surface area contributed by atoms with Gasteiger partial charge in [0.25, 0.3) is 0 Å². The van der Waals surface area contributed by atoms with Crippen molar-refractivity contribution in [1.82, 2.24) is 0 Å². The van der Waals surface area contributed by atoms with E-state index in [4.69, 9.17) is 20.4 Å². The van der Waals surface area contributed by atoms with Gasteiger partial charge in [0, 0.05) is 0 Å². The summed E-state index contributed by atoms with van der Waals surface area (Å²) < 4.78 is 5.08. The number of hydrogen-bond donors (Lipinski definition) is 1. The molecule has 0 aromatic heterocycles. The number of rotatable bonds is 4. The third-order valence-corrected chi connectivity index (χ3v) is 3.01. The first kappa shape index (κ1) is 13.2. The van der Waals surface area contributed by atoms with Crippen LogP contribution in [0.1, 0.15) is 10.4 Å². The largest absolute Gasteiger partial charge is 0.494 e. The summed E-state index contributed by atoms with van der Waals surface area (Å²) in [6.07, 6.45) is 0. The second-order valence-corrected chi connectivity index (χ2v) is 4.35. The summed E-state index contributed by atoms with van der Waals surface area (Å²) in [5.74, 6) is -0.777. The lowest BCUT2D eigenvalue weighted by Crippen LogP contribution is -1.99. The molecule has 0 radical (unpaired) electrons. The number of thioether (sulfide) groups is 2. The van der Waals surface area contributed by atoms with Crippen LogP contribution in [0.2, 0.25) is 0 Å². The van der Waals surface area contributed by atoms with Crippen LogP contribution in [0.5, 0.6) is 5.75 Å². The van der Waals surface area contributed by atoms with Gasteiger partial charge in [-0.25, -0.2) is 4.79 Å². The third kappa shape index (κ3) is 3.06. The Morgan fingerprint density at radius 2 is 1.76 bits per heavy atom. The van der Waals surface area contributed by atoms with E-state index >= 15 is 0 Å². The summed E-state index contributed by atoms with van der Waals surface area (Å²) in [6.45, 7) is 0. The van der Waals surface area contributed by atoms with Crippen molar-refractivity contribution in [3.05, 3.63) is 17.7 Å². The van der Waals surface area contributed by atoms with E-state index in [1.165, 1.54) is 19.2 Å². The number of ether oxygens (including phenoxy) is 1. The standard InChI is InChI=1S/C10H6N2O3S2/c1-15-9-7(16-4-11)2-6(10(13)14)3-8(9)17-5-12/h2-3H,1H3,(H,13,14). The molecule has 0 heterocycles. The van der Waals surface area contributed by atoms with Crippen LogP contribution in [0, 0.1) is 21.3 Å². The smallest absolute Gasteiger partial charge is 0.335 e. The normalized spacial score (nSPS) is 9.12. The molecule has 86 valence electrons. The van der Waals surface area contributed by atoms with Crippen LogP contribution < -0.4 is 4.74 Å². The number of nitrogens with zero attached hydrogens (tertiary/aromatic N) is 2. The quantitative estimate of drug-likeness (QED) is 0.661. The van der Waals surface area contributed by atoms with Crippen molar-refractivity contribution in [3.63, 3.8) is 0 Å². The van der Waals surface area contributed by atoms with Gasteiger partial charge in [0.1, 0.15) is 16.6 Å². The van der Waals surface area contributed by atoms with Crippen molar-refractivity contribution in [3.8, 4) is 16.6 Å². The van der Waals surface area contributed by atoms with Gasteiger partial charge in [-0.2, -0.15) is 10.5 Å². The molecular weight excluding hydrogens is 260 g/mol. The van der Waals surface area contributed by atoms with E-state index in [1.54, 1.807) is 0 Å². The number of thiocyanates is 2. The highest BCUT2D eigenvalue weighted by molar-refractivity contribution is 8.04. The maximum atomic E-state index is 10.9. The molecule has 0 aliphatic heterocycles. The Hall–Kier alpha value is -1.83. The molecule has 0 atom stereocenters. The molecule has 0 aliphatic carbocycles. The highest BCUT2D eigenvalue weighted by Crippen LogP contribution is 2.38. The van der Waals surface area contributed by atoms with Gasteiger partial charge in [0.05, 0.1) is 22.5 Å². The van der Waals surface area contributed by atoms with Crippen LogP contribution in [-0.2, 0) is 0 Å². The number of carbonyl (C=O) groups is 1. The van der Waals surface area contributed by atoms with E-state index in [9.17, 15) is 4.79 Å². The maximum absolute atomic E-state index is 10.9. The van der Waals surface area contributed by atoms with Gasteiger partial charge in [-0.3, -0.25) is 0 Å². The molecule has 0 bridgehead atoms. The van der Waals surface area contributed by atoms with E-state index in [2.05, 4.69) is 0 Å². The topological polar surface area (TPSA) is 94.1 Å². The van der Waals surface area contributed by atoms with Crippen molar-refractivity contribution in [1.29, 1.82) is 10.5 Å². The van der Waals surface area contributed by atoms with E-state index in [-0.39, 0.29) is 5.56 Å². The highest BCUT2D eigenvalue weighted by Gasteiger charge is 2.16. The first-order valence-corrected chi connectivity index (χ1v) is 5.84. The molecule has 17 heavy (non-hydrogen) atoms. The fourth-order valence-electron chi connectivity index (χ4n) is 1.15. The molecule has 0 spiro atoms. The Morgan fingerprint density at radius 3 is 2.06 bits per heavy atom. The Kier molecular flexibility index (Phi) is 4.70. The third-order valence-electron chi connectivity index (χ3n) is 1.78. The van der Waals surface area contributed by atoms with E-state index in [0.29, 0.717) is 15.5 Å². The second kappa shape index (κ2) is 6.04. The zero-order valence-corrected chi connectivity index (χ0v) is 10.3. The second-order valence-electron chi connectivity index (χ2n) is 2.70. The molecule has 0 amide bonds. The van der Waals surface area contributed by atoms with E-state index in [1.807, 2.05) is 10.8 Å². The van der Waals surface area contributed by atoms with Crippen molar-refractivity contribution < 1.29 is 14.6 Å². The number of carboxylic acid groups (broad SMARTS) is 1. The lowest BCUT2D eigenvalue weighted by atomic mass is 10.2. The summed E-state index contributed by atoms with van der Waals surface area (Å²) in [4.78, 5) is 11.7. The Morgan fingerprint density at radius 1 is 1.29 bits per heavy atom. The van der Waals surface area contributed by atoms with Gasteiger partial charge in [-0.15, -0.1) is 0 Å². The molecule has 5 nitrogen and oxygen atoms in total. The lowest BCUT2D eigenvalue weighted by molar-refractivity contribution is 0.0696. The predicted octanol–water partition coefficient (Wildman–Crippen LogP) is 2.54. The van der Waals surface area contributed by atoms with Crippen LogP contribution in [0.3, 0.4) is 0 Å². The average Bonchev–Trinajstić information content (AvgIpc) is 2.29. The maximum Gasteiger partial charge on any atom is 0.335 e. The monoisotopic (exact) mass is 266 g/mol. The number of hydrogen-bond acceptors (Lipinski definition) is 6. The summed E-state index contributed by atoms with van der Waals surface area (Å²) in [7, 11) is 1.40. The van der Waals surface area contributed by atoms with Crippen LogP contribution in [0.25, 0.3) is 0 Å². The van der Waals surface area contributed by atoms with E-state index < -0.39 is 5.97 Å². The SMILES string of the molecule is COc1c(SC#N)cc(C(=O)O)cc1SC#N. The van der Waals surface area contributed by atoms with Gasteiger partial charge >= 0.3 is 5.97 Å². The summed E-state index contributed by atoms with van der Waals surface area (Å²) in [5.41, 5.74) is 0.0151. The molecule has 1 N–H and O–H groups in total. The zero-order chi connectivity index (χ0) is 12.8. The molecule has 0 saturated heterocycles. The van der Waals surface area contributed by atoms with Crippen molar-refractivity contribution in [2.75, 3.05) is 7.11 Å². The predicted molar refractivity (Wildman–Crippen MR) is 62.9 cm³/mol. The summed E-state index contributed by atoms with van der Waals surface area (Å²) in [5, 5.41) is 29.9. The Labute approximate surface area is 106 Å². The van der Waals surface area contributed by atoms with Gasteiger partial charge < -0.3 is 9.84 Å². The van der Waals surface area contributed by atoms with Crippen LogP contribution in [-0.4, -0.2) is 18.2 Å². The number of nitriles is 2. The minimum absolute atomic E-state index is 0.0151. The molecule has 7 heteroatoms. The molecule has 0 fully saturated rings. The number of methoxy groups -OCH3 is 1. The zero-order valence-electron chi connectivity index (χ0n) is 8.63. The molecule has 0 saturated carbocycles. The Balaban J connectivity index is 3.41. The lowest BCUT2D eigenvalue weighted by Gasteiger charge is -2.09. The summed E-state index contributed by atoms with van der Waals surface area (Å²) >= 11 is 1.59. The minimum atomic E-state index is -1.12. The minimum Gasteiger partial charge on any atom is -0.494 e. The molecule has 0 unspecified atom stereocenters. The molecule has 1 rings (SSSR count). The van der Waals surface area contributed by atoms with Crippen molar-refractivity contribution in [2.45, 2.75) is 9.79 Å². The van der Waals surface area contributed by atoms with Crippen LogP contribution in [0.4, 0.5) is 0 Å². The van der Waals surface area contributed by atoms with Gasteiger partial charge in [0.15, 0.2) is 0 Å². The molecular formula is C10H6N2O3S2. The Bertz CT molecular complexity index is 494. The fourth-order valence-corrected chi connectivity index (χ4v) is 2.36. The van der Waals surface area contributed by atoms with Crippen molar-refractivity contribution >= 4 is 29.5 Å². The highest BCUT2D eigenvalue weighted by atomic mass is 32.2. The summed E-state index contributed by atoms with van der Waals surface area (Å²) in [6, 6.07) is 2.69. The van der Waals surface area contributed by atoms with Crippen LogP contribution >= 0.6 is 23.5 Å². The van der Waals surface area contributed by atoms with Crippen molar-refractivity contribution in [2.24, 2.45) is 0 Å². The first-order valence-electron chi connectivity index (χ1n) is 4.21. The van der Waals surface area contributed by atoms with Gasteiger partial charge in [0.2, 0.25) is 0 Å². The number of carboxylic acids is 1. The number of aromatic carboxylic acids is 1. The van der Waals surface area contributed by atoms with Gasteiger partial charge in [-0.05, 0) is 35.7 Å². The molecule has 1 aromatic carbocycles. The van der Waals surface area contributed by atoms with Gasteiger partial charge in [-0.1, -0.05) is 0 Å². The first-order chi connectivity index (χ1) is 8.13. The fraction of sp³-hybridized carbons (Fsp3) is 0.100.